The third-order valence-electron chi connectivity index (χ3n) is 5.39. The van der Waals surface area contributed by atoms with Crippen LogP contribution in [0.5, 0.6) is 0 Å². The average Bonchev–Trinajstić information content (AvgIpc) is 3.36. The number of aryl methyl sites for hydroxylation is 1. The van der Waals surface area contributed by atoms with Crippen molar-refractivity contribution < 1.29 is 23.2 Å². The first-order valence-corrected chi connectivity index (χ1v) is 8.65. The lowest BCUT2D eigenvalue weighted by Gasteiger charge is -2.23. The Morgan fingerprint density at radius 3 is 3.00 bits per heavy atom. The molecule has 7 nitrogen and oxygen atoms in total. The van der Waals surface area contributed by atoms with Gasteiger partial charge in [-0.25, -0.2) is 4.39 Å². The third kappa shape index (κ3) is 2.33. The van der Waals surface area contributed by atoms with Gasteiger partial charge < -0.3 is 14.6 Å². The Bertz CT molecular complexity index is 987. The van der Waals surface area contributed by atoms with Gasteiger partial charge in [0, 0.05) is 11.8 Å². The number of nitrogens with one attached hydrogen (secondary N) is 1. The molecule has 2 bridgehead atoms. The van der Waals surface area contributed by atoms with Gasteiger partial charge in [-0.15, -0.1) is 0 Å². The highest BCUT2D eigenvalue weighted by atomic mass is 19.1. The molecule has 2 aromatic rings. The van der Waals surface area contributed by atoms with E-state index in [1.165, 1.54) is 23.1 Å². The molecule has 8 heteroatoms. The van der Waals surface area contributed by atoms with Gasteiger partial charge in [-0.3, -0.25) is 14.5 Å². The summed E-state index contributed by atoms with van der Waals surface area (Å²) in [4.78, 5) is 27.5. The molecule has 1 spiro atoms. The summed E-state index contributed by atoms with van der Waals surface area (Å²) in [5.41, 5.74) is -0.506. The van der Waals surface area contributed by atoms with Crippen LogP contribution in [0.1, 0.15) is 5.76 Å². The number of anilines is 2. The van der Waals surface area contributed by atoms with Crippen molar-refractivity contribution in [2.24, 2.45) is 11.8 Å². The molecule has 0 aliphatic carbocycles. The van der Waals surface area contributed by atoms with Gasteiger partial charge >= 0.3 is 0 Å². The molecule has 4 atom stereocenters. The minimum atomic E-state index is -0.849. The molecule has 27 heavy (non-hydrogen) atoms. The second-order valence-corrected chi connectivity index (χ2v) is 7.12. The Balaban J connectivity index is 1.44. The van der Waals surface area contributed by atoms with E-state index in [-0.39, 0.29) is 18.4 Å². The number of ether oxygens (including phenoxy) is 1. The molecule has 5 rings (SSSR count). The number of rotatable bonds is 3. The third-order valence-corrected chi connectivity index (χ3v) is 5.39. The van der Waals surface area contributed by atoms with E-state index in [9.17, 15) is 14.0 Å². The second-order valence-electron chi connectivity index (χ2n) is 7.12. The summed E-state index contributed by atoms with van der Waals surface area (Å²) in [5.74, 6) is -1.39. The smallest absolute Gasteiger partial charge is 0.235 e. The molecule has 0 saturated carbocycles. The van der Waals surface area contributed by atoms with E-state index in [1.54, 1.807) is 19.1 Å². The number of nitrogens with zero attached hydrogens (tertiary/aromatic N) is 2. The lowest BCUT2D eigenvalue weighted by molar-refractivity contribution is -0.128. The van der Waals surface area contributed by atoms with Crippen LogP contribution in [-0.4, -0.2) is 35.2 Å². The zero-order valence-corrected chi connectivity index (χ0v) is 14.4. The number of aromatic nitrogens is 1. The van der Waals surface area contributed by atoms with Crippen LogP contribution in [0.15, 0.2) is 47.0 Å². The maximum absolute atomic E-state index is 13.4. The SMILES string of the molecule is Cc1cc(N2CC34C=C[C@@H](O3)C(C(=O)Nc3cccc(F)c3)C4C2=O)no1. The highest BCUT2D eigenvalue weighted by Crippen LogP contribution is 2.52. The van der Waals surface area contributed by atoms with Crippen molar-refractivity contribution in [3.05, 3.63) is 54.1 Å². The van der Waals surface area contributed by atoms with Crippen LogP contribution in [0.4, 0.5) is 15.9 Å². The normalized spacial score (nSPS) is 30.8. The minimum Gasteiger partial charge on any atom is -0.360 e. The fourth-order valence-electron chi connectivity index (χ4n) is 4.26. The first-order chi connectivity index (χ1) is 13.0. The molecule has 138 valence electrons. The molecule has 3 aliphatic rings. The van der Waals surface area contributed by atoms with Crippen molar-refractivity contribution in [3.8, 4) is 0 Å². The topological polar surface area (TPSA) is 84.7 Å². The Kier molecular flexibility index (Phi) is 3.30. The highest BCUT2D eigenvalue weighted by molar-refractivity contribution is 6.05. The Hall–Kier alpha value is -3.00. The number of amides is 2. The van der Waals surface area contributed by atoms with Gasteiger partial charge in [0.1, 0.15) is 17.2 Å². The van der Waals surface area contributed by atoms with Crippen molar-refractivity contribution in [1.29, 1.82) is 0 Å². The zero-order valence-electron chi connectivity index (χ0n) is 14.4. The van der Waals surface area contributed by atoms with Gasteiger partial charge in [0.05, 0.1) is 24.5 Å². The molecule has 1 aromatic carbocycles. The predicted octanol–water partition coefficient (Wildman–Crippen LogP) is 2.05. The second kappa shape index (κ2) is 5.50. The zero-order chi connectivity index (χ0) is 18.8. The van der Waals surface area contributed by atoms with E-state index in [0.29, 0.717) is 17.3 Å². The largest absolute Gasteiger partial charge is 0.360 e. The van der Waals surface area contributed by atoms with E-state index >= 15 is 0 Å². The molecular weight excluding hydrogens is 353 g/mol. The van der Waals surface area contributed by atoms with Gasteiger partial charge in [0.25, 0.3) is 0 Å². The molecule has 1 aromatic heterocycles. The number of carbonyl (C=O) groups is 2. The number of hydrogen-bond acceptors (Lipinski definition) is 5. The Morgan fingerprint density at radius 2 is 2.26 bits per heavy atom. The molecule has 1 N–H and O–H groups in total. The van der Waals surface area contributed by atoms with Crippen LogP contribution < -0.4 is 10.2 Å². The van der Waals surface area contributed by atoms with Gasteiger partial charge in [-0.05, 0) is 25.1 Å². The summed E-state index contributed by atoms with van der Waals surface area (Å²) in [6.07, 6.45) is 3.20. The summed E-state index contributed by atoms with van der Waals surface area (Å²) < 4.78 is 24.5. The van der Waals surface area contributed by atoms with E-state index in [4.69, 9.17) is 9.26 Å². The quantitative estimate of drug-likeness (QED) is 0.837. The highest BCUT2D eigenvalue weighted by Gasteiger charge is 2.67. The molecule has 2 amide bonds. The summed E-state index contributed by atoms with van der Waals surface area (Å²) in [6, 6.07) is 7.32. The lowest BCUT2D eigenvalue weighted by Crippen LogP contribution is -2.41. The Morgan fingerprint density at radius 1 is 1.41 bits per heavy atom. The van der Waals surface area contributed by atoms with Crippen molar-refractivity contribution in [3.63, 3.8) is 0 Å². The number of fused-ring (bicyclic) bond motifs is 1. The van der Waals surface area contributed by atoms with Gasteiger partial charge in [0.2, 0.25) is 11.8 Å². The van der Waals surface area contributed by atoms with E-state index in [2.05, 4.69) is 10.5 Å². The van der Waals surface area contributed by atoms with Crippen LogP contribution in [0.3, 0.4) is 0 Å². The molecular formula is C19H16FN3O4. The maximum atomic E-state index is 13.4. The lowest BCUT2D eigenvalue weighted by atomic mass is 9.77. The van der Waals surface area contributed by atoms with Crippen LogP contribution in [-0.2, 0) is 14.3 Å². The maximum Gasteiger partial charge on any atom is 0.235 e. The molecule has 2 saturated heterocycles. The van der Waals surface area contributed by atoms with Crippen molar-refractivity contribution in [2.75, 3.05) is 16.8 Å². The summed E-state index contributed by atoms with van der Waals surface area (Å²) in [5, 5.41) is 6.61. The van der Waals surface area contributed by atoms with Crippen molar-refractivity contribution in [1.82, 2.24) is 5.16 Å². The van der Waals surface area contributed by atoms with Crippen LogP contribution >= 0.6 is 0 Å². The monoisotopic (exact) mass is 369 g/mol. The predicted molar refractivity (Wildman–Crippen MR) is 92.3 cm³/mol. The molecule has 0 radical (unpaired) electrons. The van der Waals surface area contributed by atoms with E-state index in [0.717, 1.165) is 0 Å². The average molecular weight is 369 g/mol. The number of halogens is 1. The van der Waals surface area contributed by atoms with E-state index < -0.39 is 29.4 Å². The summed E-state index contributed by atoms with van der Waals surface area (Å²) >= 11 is 0. The number of carbonyl (C=O) groups excluding carboxylic acids is 2. The number of benzene rings is 1. The fraction of sp³-hybridized carbons (Fsp3) is 0.316. The number of hydrogen-bond donors (Lipinski definition) is 1. The van der Waals surface area contributed by atoms with Gasteiger partial charge in [0.15, 0.2) is 5.82 Å². The van der Waals surface area contributed by atoms with Gasteiger partial charge in [-0.1, -0.05) is 23.4 Å². The summed E-state index contributed by atoms with van der Waals surface area (Å²) in [7, 11) is 0. The van der Waals surface area contributed by atoms with Crippen LogP contribution in [0.25, 0.3) is 0 Å². The van der Waals surface area contributed by atoms with E-state index in [1.807, 2.05) is 12.2 Å². The standard InChI is InChI=1S/C19H16FN3O4/c1-10-7-14(22-27-10)23-9-19-6-5-13(26-19)15(16(19)18(23)25)17(24)21-12-4-2-3-11(20)8-12/h2-8,13,15-16H,9H2,1H3,(H,21,24)/t13-,15?,16?,19?/m1/s1. The van der Waals surface area contributed by atoms with Crippen LogP contribution in [0, 0.1) is 24.6 Å². The van der Waals surface area contributed by atoms with Crippen LogP contribution in [0.2, 0.25) is 0 Å². The Labute approximate surface area is 153 Å². The first-order valence-electron chi connectivity index (χ1n) is 8.65. The van der Waals surface area contributed by atoms with Crippen molar-refractivity contribution >= 4 is 23.3 Å². The van der Waals surface area contributed by atoms with Gasteiger partial charge in [-0.2, -0.15) is 0 Å². The fourth-order valence-corrected chi connectivity index (χ4v) is 4.26. The first kappa shape index (κ1) is 16.2. The molecule has 4 heterocycles. The summed E-state index contributed by atoms with van der Waals surface area (Å²) in [6.45, 7) is 2.02. The molecule has 3 aliphatic heterocycles. The van der Waals surface area contributed by atoms with Crippen molar-refractivity contribution in [2.45, 2.75) is 18.6 Å². The minimum absolute atomic E-state index is 0.227. The molecule has 2 fully saturated rings. The molecule has 3 unspecified atom stereocenters.